The maximum atomic E-state index is 8.94. The van der Waals surface area contributed by atoms with Crippen LogP contribution in [-0.2, 0) is 13.0 Å². The summed E-state index contributed by atoms with van der Waals surface area (Å²) in [4.78, 5) is 0. The van der Waals surface area contributed by atoms with Gasteiger partial charge in [0, 0.05) is 6.54 Å². The van der Waals surface area contributed by atoms with E-state index in [0.717, 1.165) is 38.8 Å². The largest absolute Gasteiger partial charge is 0.313 e. The van der Waals surface area contributed by atoms with E-state index in [0.29, 0.717) is 0 Å². The molecule has 104 valence electrons. The van der Waals surface area contributed by atoms with Gasteiger partial charge in [0.15, 0.2) is 0 Å². The summed E-state index contributed by atoms with van der Waals surface area (Å²) in [5, 5.41) is 12.4. The highest BCUT2D eigenvalue weighted by molar-refractivity contribution is 5.26. The molecule has 0 atom stereocenters. The maximum absolute atomic E-state index is 8.94. The molecule has 0 saturated carbocycles. The standard InChI is InChI=1S/C17H26N2/c1-4-15-9-5-6-10-16(15)13-19-12-8-7-11-17(2,3)14-18/h5-6,9-10,19H,4,7-8,11-13H2,1-3H3. The highest BCUT2D eigenvalue weighted by Gasteiger charge is 2.15. The predicted octanol–water partition coefficient (Wildman–Crippen LogP) is 4.06. The number of nitrogens with one attached hydrogen (secondary N) is 1. The fraction of sp³-hybridized carbons (Fsp3) is 0.588. The van der Waals surface area contributed by atoms with Crippen LogP contribution in [0.5, 0.6) is 0 Å². The van der Waals surface area contributed by atoms with Gasteiger partial charge in [0.05, 0.1) is 11.5 Å². The Morgan fingerprint density at radius 3 is 2.47 bits per heavy atom. The molecule has 2 heteroatoms. The minimum atomic E-state index is -0.172. The van der Waals surface area contributed by atoms with Gasteiger partial charge in [-0.15, -0.1) is 0 Å². The number of nitriles is 1. The molecule has 1 N–H and O–H groups in total. The molecule has 0 aliphatic heterocycles. The molecular formula is C17H26N2. The van der Waals surface area contributed by atoms with Crippen molar-refractivity contribution < 1.29 is 0 Å². The normalized spacial score (nSPS) is 11.3. The quantitative estimate of drug-likeness (QED) is 0.714. The third-order valence-electron chi connectivity index (χ3n) is 3.52. The second-order valence-corrected chi connectivity index (χ2v) is 5.75. The molecule has 0 saturated heterocycles. The summed E-state index contributed by atoms with van der Waals surface area (Å²) >= 11 is 0. The lowest BCUT2D eigenvalue weighted by Crippen LogP contribution is -2.16. The van der Waals surface area contributed by atoms with E-state index in [-0.39, 0.29) is 5.41 Å². The summed E-state index contributed by atoms with van der Waals surface area (Å²) in [5.41, 5.74) is 2.66. The summed E-state index contributed by atoms with van der Waals surface area (Å²) in [7, 11) is 0. The van der Waals surface area contributed by atoms with Crippen molar-refractivity contribution in [2.45, 2.75) is 53.0 Å². The third kappa shape index (κ3) is 5.89. The molecule has 0 heterocycles. The third-order valence-corrected chi connectivity index (χ3v) is 3.52. The summed E-state index contributed by atoms with van der Waals surface area (Å²) in [6, 6.07) is 11.0. The van der Waals surface area contributed by atoms with Gasteiger partial charge >= 0.3 is 0 Å². The van der Waals surface area contributed by atoms with Crippen molar-refractivity contribution in [1.82, 2.24) is 5.32 Å². The van der Waals surface area contributed by atoms with E-state index < -0.39 is 0 Å². The molecule has 0 bridgehead atoms. The number of unbranched alkanes of at least 4 members (excludes halogenated alkanes) is 1. The SMILES string of the molecule is CCc1ccccc1CNCCCCC(C)(C)C#N. The first kappa shape index (κ1) is 15.7. The number of benzene rings is 1. The van der Waals surface area contributed by atoms with Crippen LogP contribution in [0.1, 0.15) is 51.2 Å². The monoisotopic (exact) mass is 258 g/mol. The summed E-state index contributed by atoms with van der Waals surface area (Å²) in [5.74, 6) is 0. The van der Waals surface area contributed by atoms with Gasteiger partial charge in [0.1, 0.15) is 0 Å². The zero-order valence-corrected chi connectivity index (χ0v) is 12.5. The van der Waals surface area contributed by atoms with Gasteiger partial charge in [-0.3, -0.25) is 0 Å². The molecule has 2 nitrogen and oxygen atoms in total. The maximum Gasteiger partial charge on any atom is 0.0683 e. The summed E-state index contributed by atoms with van der Waals surface area (Å²) in [6.45, 7) is 8.20. The number of hydrogen-bond donors (Lipinski definition) is 1. The van der Waals surface area contributed by atoms with Crippen LogP contribution in [0.3, 0.4) is 0 Å². The molecule has 0 fully saturated rings. The minimum Gasteiger partial charge on any atom is -0.313 e. The van der Waals surface area contributed by atoms with E-state index in [1.54, 1.807) is 0 Å². The molecule has 0 radical (unpaired) electrons. The fourth-order valence-electron chi connectivity index (χ4n) is 2.17. The van der Waals surface area contributed by atoms with Crippen molar-refractivity contribution in [3.63, 3.8) is 0 Å². The highest BCUT2D eigenvalue weighted by Crippen LogP contribution is 2.21. The molecule has 1 rings (SSSR count). The van der Waals surface area contributed by atoms with Crippen LogP contribution in [0, 0.1) is 16.7 Å². The van der Waals surface area contributed by atoms with Gasteiger partial charge in [-0.05, 0) is 50.8 Å². The van der Waals surface area contributed by atoms with E-state index >= 15 is 0 Å². The first-order valence-corrected chi connectivity index (χ1v) is 7.28. The second-order valence-electron chi connectivity index (χ2n) is 5.75. The van der Waals surface area contributed by atoms with Gasteiger partial charge in [-0.1, -0.05) is 37.6 Å². The van der Waals surface area contributed by atoms with Gasteiger partial charge in [0.2, 0.25) is 0 Å². The number of aryl methyl sites for hydroxylation is 1. The molecule has 1 aromatic carbocycles. The van der Waals surface area contributed by atoms with Gasteiger partial charge in [0.25, 0.3) is 0 Å². The van der Waals surface area contributed by atoms with Crippen LogP contribution in [0.25, 0.3) is 0 Å². The topological polar surface area (TPSA) is 35.8 Å². The zero-order valence-electron chi connectivity index (χ0n) is 12.5. The van der Waals surface area contributed by atoms with Crippen LogP contribution >= 0.6 is 0 Å². The Balaban J connectivity index is 2.20. The van der Waals surface area contributed by atoms with Crippen molar-refractivity contribution in [2.24, 2.45) is 5.41 Å². The molecule has 0 spiro atoms. The van der Waals surface area contributed by atoms with Gasteiger partial charge < -0.3 is 5.32 Å². The highest BCUT2D eigenvalue weighted by atomic mass is 14.8. The first-order chi connectivity index (χ1) is 9.09. The van der Waals surface area contributed by atoms with Crippen LogP contribution < -0.4 is 5.32 Å². The molecule has 0 amide bonds. The van der Waals surface area contributed by atoms with Crippen LogP contribution in [-0.4, -0.2) is 6.54 Å². The van der Waals surface area contributed by atoms with Crippen LogP contribution in [0.2, 0.25) is 0 Å². The van der Waals surface area contributed by atoms with Gasteiger partial charge in [-0.2, -0.15) is 5.26 Å². The first-order valence-electron chi connectivity index (χ1n) is 7.28. The Morgan fingerprint density at radius 1 is 1.16 bits per heavy atom. The Morgan fingerprint density at radius 2 is 1.84 bits per heavy atom. The second kappa shape index (κ2) is 7.96. The molecule has 19 heavy (non-hydrogen) atoms. The molecule has 0 aliphatic rings. The number of rotatable bonds is 8. The van der Waals surface area contributed by atoms with Crippen LogP contribution in [0.4, 0.5) is 0 Å². The van der Waals surface area contributed by atoms with Crippen molar-refractivity contribution in [3.05, 3.63) is 35.4 Å². The lowest BCUT2D eigenvalue weighted by molar-refractivity contribution is 0.422. The fourth-order valence-corrected chi connectivity index (χ4v) is 2.17. The summed E-state index contributed by atoms with van der Waals surface area (Å²) in [6.07, 6.45) is 4.33. The van der Waals surface area contributed by atoms with E-state index in [4.69, 9.17) is 5.26 Å². The number of hydrogen-bond acceptors (Lipinski definition) is 2. The van der Waals surface area contributed by atoms with Crippen molar-refractivity contribution in [2.75, 3.05) is 6.54 Å². The Kier molecular flexibility index (Phi) is 6.59. The zero-order chi connectivity index (χ0) is 14.1. The lowest BCUT2D eigenvalue weighted by Gasteiger charge is -2.14. The van der Waals surface area contributed by atoms with Crippen molar-refractivity contribution >= 4 is 0 Å². The molecular weight excluding hydrogens is 232 g/mol. The average molecular weight is 258 g/mol. The van der Waals surface area contributed by atoms with Gasteiger partial charge in [-0.25, -0.2) is 0 Å². The Labute approximate surface area is 117 Å². The molecule has 0 aromatic heterocycles. The van der Waals surface area contributed by atoms with Crippen LogP contribution in [0.15, 0.2) is 24.3 Å². The average Bonchev–Trinajstić information content (AvgIpc) is 2.43. The van der Waals surface area contributed by atoms with E-state index in [9.17, 15) is 0 Å². The van der Waals surface area contributed by atoms with E-state index in [1.807, 2.05) is 13.8 Å². The Hall–Kier alpha value is -1.33. The van der Waals surface area contributed by atoms with E-state index in [2.05, 4.69) is 42.6 Å². The van der Waals surface area contributed by atoms with E-state index in [1.165, 1.54) is 11.1 Å². The molecule has 0 aliphatic carbocycles. The smallest absolute Gasteiger partial charge is 0.0683 e. The number of nitrogens with zero attached hydrogens (tertiary/aromatic N) is 1. The molecule has 1 aromatic rings. The van der Waals surface area contributed by atoms with Crippen molar-refractivity contribution in [1.29, 1.82) is 5.26 Å². The minimum absolute atomic E-state index is 0.172. The summed E-state index contributed by atoms with van der Waals surface area (Å²) < 4.78 is 0. The Bertz CT molecular complexity index is 416. The predicted molar refractivity (Wildman–Crippen MR) is 80.8 cm³/mol. The van der Waals surface area contributed by atoms with Crippen molar-refractivity contribution in [3.8, 4) is 6.07 Å². The molecule has 0 unspecified atom stereocenters. The lowest BCUT2D eigenvalue weighted by atomic mass is 9.89.